The van der Waals surface area contributed by atoms with E-state index in [0.717, 1.165) is 12.8 Å². The summed E-state index contributed by atoms with van der Waals surface area (Å²) in [5, 5.41) is 12.5. The van der Waals surface area contributed by atoms with Gasteiger partial charge in [-0.15, -0.1) is 0 Å². The van der Waals surface area contributed by atoms with Crippen LogP contribution in [0.25, 0.3) is 0 Å². The van der Waals surface area contributed by atoms with Crippen LogP contribution < -0.4 is 5.32 Å². The maximum atomic E-state index is 12.4. The van der Waals surface area contributed by atoms with Gasteiger partial charge >= 0.3 is 12.0 Å². The van der Waals surface area contributed by atoms with E-state index < -0.39 is 11.4 Å². The number of ether oxygens (including phenoxy) is 1. The molecule has 0 bridgehead atoms. The van der Waals surface area contributed by atoms with Gasteiger partial charge in [0.15, 0.2) is 0 Å². The average molecular weight is 298 g/mol. The van der Waals surface area contributed by atoms with Gasteiger partial charge in [-0.1, -0.05) is 13.3 Å². The molecule has 0 saturated carbocycles. The fourth-order valence-corrected chi connectivity index (χ4v) is 3.33. The number of urea groups is 1. The van der Waals surface area contributed by atoms with E-state index in [4.69, 9.17) is 4.74 Å². The van der Waals surface area contributed by atoms with Crippen molar-refractivity contribution in [1.29, 1.82) is 0 Å². The predicted octanol–water partition coefficient (Wildman–Crippen LogP) is 1.84. The van der Waals surface area contributed by atoms with E-state index in [0.29, 0.717) is 32.5 Å². The lowest BCUT2D eigenvalue weighted by Gasteiger charge is -2.32. The molecule has 0 spiro atoms. The fourth-order valence-electron chi connectivity index (χ4n) is 3.33. The number of amides is 2. The van der Waals surface area contributed by atoms with Crippen molar-refractivity contribution in [2.45, 2.75) is 58.1 Å². The lowest BCUT2D eigenvalue weighted by molar-refractivity contribution is -0.148. The molecule has 0 aromatic heterocycles. The van der Waals surface area contributed by atoms with E-state index in [1.54, 1.807) is 4.90 Å². The zero-order chi connectivity index (χ0) is 15.7. The summed E-state index contributed by atoms with van der Waals surface area (Å²) in [7, 11) is 0. The molecule has 2 heterocycles. The summed E-state index contributed by atoms with van der Waals surface area (Å²) in [6.45, 7) is 7.36. The van der Waals surface area contributed by atoms with E-state index in [2.05, 4.69) is 5.32 Å². The van der Waals surface area contributed by atoms with E-state index in [-0.39, 0.29) is 17.7 Å². The molecule has 2 saturated heterocycles. The lowest BCUT2D eigenvalue weighted by atomic mass is 9.83. The van der Waals surface area contributed by atoms with Gasteiger partial charge in [-0.05, 0) is 33.1 Å². The van der Waals surface area contributed by atoms with Gasteiger partial charge in [-0.25, -0.2) is 4.79 Å². The Morgan fingerprint density at radius 3 is 2.67 bits per heavy atom. The molecule has 0 aromatic carbocycles. The molecular formula is C15H26N2O4. The number of likely N-dealkylation sites (tertiary alicyclic amines) is 1. The van der Waals surface area contributed by atoms with Crippen LogP contribution in [0, 0.1) is 5.41 Å². The van der Waals surface area contributed by atoms with Crippen molar-refractivity contribution in [1.82, 2.24) is 10.2 Å². The number of carbonyl (C=O) groups excluding carboxylic acids is 1. The fraction of sp³-hybridized carbons (Fsp3) is 0.867. The third-order valence-corrected chi connectivity index (χ3v) is 5.10. The Kier molecular flexibility index (Phi) is 4.46. The first-order valence-corrected chi connectivity index (χ1v) is 7.75. The van der Waals surface area contributed by atoms with Gasteiger partial charge < -0.3 is 20.1 Å². The maximum absolute atomic E-state index is 12.4. The highest BCUT2D eigenvalue weighted by atomic mass is 16.5. The molecule has 2 aliphatic rings. The third kappa shape index (κ3) is 3.00. The minimum atomic E-state index is -0.788. The minimum Gasteiger partial charge on any atom is -0.481 e. The van der Waals surface area contributed by atoms with Gasteiger partial charge in [0.25, 0.3) is 0 Å². The summed E-state index contributed by atoms with van der Waals surface area (Å²) >= 11 is 0. The van der Waals surface area contributed by atoms with E-state index in [9.17, 15) is 14.7 Å². The summed E-state index contributed by atoms with van der Waals surface area (Å²) in [4.78, 5) is 25.6. The molecule has 0 aromatic rings. The summed E-state index contributed by atoms with van der Waals surface area (Å²) in [5.74, 6) is -0.788. The summed E-state index contributed by atoms with van der Waals surface area (Å²) in [5.41, 5.74) is -1.14. The number of hydrogen-bond donors (Lipinski definition) is 2. The second-order valence-electron chi connectivity index (χ2n) is 6.62. The van der Waals surface area contributed by atoms with Crippen molar-refractivity contribution < 1.29 is 19.4 Å². The predicted molar refractivity (Wildman–Crippen MR) is 78.1 cm³/mol. The molecular weight excluding hydrogens is 272 g/mol. The number of carboxylic acids is 1. The second-order valence-corrected chi connectivity index (χ2v) is 6.62. The van der Waals surface area contributed by atoms with Crippen molar-refractivity contribution in [3.8, 4) is 0 Å². The van der Waals surface area contributed by atoms with Crippen LogP contribution in [0.15, 0.2) is 0 Å². The quantitative estimate of drug-likeness (QED) is 0.830. The van der Waals surface area contributed by atoms with Gasteiger partial charge in [-0.3, -0.25) is 4.79 Å². The number of nitrogens with zero attached hydrogens (tertiary/aromatic N) is 1. The van der Waals surface area contributed by atoms with Gasteiger partial charge in [0.1, 0.15) is 0 Å². The van der Waals surface area contributed by atoms with Crippen LogP contribution in [0.5, 0.6) is 0 Å². The largest absolute Gasteiger partial charge is 0.481 e. The van der Waals surface area contributed by atoms with Gasteiger partial charge in [0, 0.05) is 19.7 Å². The average Bonchev–Trinajstić information content (AvgIpc) is 2.97. The van der Waals surface area contributed by atoms with Gasteiger partial charge in [-0.2, -0.15) is 0 Å². The van der Waals surface area contributed by atoms with Crippen molar-refractivity contribution in [2.24, 2.45) is 5.41 Å². The molecule has 3 unspecified atom stereocenters. The summed E-state index contributed by atoms with van der Waals surface area (Å²) < 4.78 is 5.52. The SMILES string of the molecule is CCCC1(C(=O)O)CCN(C(=O)NC2(C)CCOC2C)C1. The number of aliphatic carboxylic acids is 1. The standard InChI is InChI=1S/C15H26N2O4/c1-4-5-15(12(18)19)6-8-17(10-15)13(20)16-14(3)7-9-21-11(14)2/h11H,4-10H2,1-3H3,(H,16,20)(H,18,19). The van der Waals surface area contributed by atoms with Crippen molar-refractivity contribution in [2.75, 3.05) is 19.7 Å². The first-order valence-electron chi connectivity index (χ1n) is 7.75. The Bertz CT molecular complexity index is 428. The Balaban J connectivity index is 2.00. The molecule has 0 radical (unpaired) electrons. The van der Waals surface area contributed by atoms with Crippen LogP contribution in [0.1, 0.15) is 46.5 Å². The van der Waals surface area contributed by atoms with Crippen LogP contribution >= 0.6 is 0 Å². The van der Waals surface area contributed by atoms with Crippen molar-refractivity contribution >= 4 is 12.0 Å². The molecule has 0 aliphatic carbocycles. The molecule has 2 aliphatic heterocycles. The first-order chi connectivity index (χ1) is 9.83. The highest BCUT2D eigenvalue weighted by Crippen LogP contribution is 2.36. The number of carbonyl (C=O) groups is 2. The highest BCUT2D eigenvalue weighted by molar-refractivity contribution is 5.80. The number of carboxylic acid groups (broad SMARTS) is 1. The van der Waals surface area contributed by atoms with E-state index in [1.165, 1.54) is 0 Å². The van der Waals surface area contributed by atoms with E-state index in [1.807, 2.05) is 20.8 Å². The number of nitrogens with one attached hydrogen (secondary N) is 1. The molecule has 2 N–H and O–H groups in total. The van der Waals surface area contributed by atoms with Crippen molar-refractivity contribution in [3.05, 3.63) is 0 Å². The molecule has 2 amide bonds. The first kappa shape index (κ1) is 16.1. The Hall–Kier alpha value is -1.30. The normalized spacial score (nSPS) is 36.0. The molecule has 21 heavy (non-hydrogen) atoms. The summed E-state index contributed by atoms with van der Waals surface area (Å²) in [6.07, 6.45) is 2.72. The minimum absolute atomic E-state index is 0.0241. The van der Waals surface area contributed by atoms with Crippen LogP contribution in [0.4, 0.5) is 4.79 Å². The molecule has 2 fully saturated rings. The van der Waals surface area contributed by atoms with E-state index >= 15 is 0 Å². The topological polar surface area (TPSA) is 78.9 Å². The Labute approximate surface area is 125 Å². The molecule has 120 valence electrons. The lowest BCUT2D eigenvalue weighted by Crippen LogP contribution is -2.55. The zero-order valence-electron chi connectivity index (χ0n) is 13.1. The van der Waals surface area contributed by atoms with Gasteiger partial charge in [0.05, 0.1) is 17.1 Å². The zero-order valence-corrected chi connectivity index (χ0v) is 13.1. The monoisotopic (exact) mass is 298 g/mol. The van der Waals surface area contributed by atoms with Crippen molar-refractivity contribution in [3.63, 3.8) is 0 Å². The Morgan fingerprint density at radius 1 is 1.43 bits per heavy atom. The maximum Gasteiger partial charge on any atom is 0.317 e. The Morgan fingerprint density at radius 2 is 2.14 bits per heavy atom. The molecule has 3 atom stereocenters. The second kappa shape index (κ2) is 5.83. The van der Waals surface area contributed by atoms with Crippen LogP contribution in [-0.4, -0.2) is 53.3 Å². The molecule has 2 rings (SSSR count). The van der Waals surface area contributed by atoms with Gasteiger partial charge in [0.2, 0.25) is 0 Å². The third-order valence-electron chi connectivity index (χ3n) is 5.10. The van der Waals surface area contributed by atoms with Crippen LogP contribution in [0.3, 0.4) is 0 Å². The number of rotatable bonds is 4. The van der Waals surface area contributed by atoms with Crippen LogP contribution in [-0.2, 0) is 9.53 Å². The van der Waals surface area contributed by atoms with Crippen LogP contribution in [0.2, 0.25) is 0 Å². The molecule has 6 heteroatoms. The summed E-state index contributed by atoms with van der Waals surface area (Å²) in [6, 6.07) is -0.172. The smallest absolute Gasteiger partial charge is 0.317 e. The highest BCUT2D eigenvalue weighted by Gasteiger charge is 2.47. The molecule has 6 nitrogen and oxygen atoms in total. The number of hydrogen-bond acceptors (Lipinski definition) is 3.